The van der Waals surface area contributed by atoms with E-state index in [-0.39, 0.29) is 0 Å². The topological polar surface area (TPSA) is 82.3 Å². The van der Waals surface area contributed by atoms with Crippen LogP contribution in [0.1, 0.15) is 34.1 Å². The maximum Gasteiger partial charge on any atom is 0.112 e. The molecular formula is C17H27NO4. The standard InChI is InChI=1S/C10H13N.C7H14O4/c1-4-11-10-7-5-6-9(10)8(2)3;1-3(8)7-6(10)5(9)4(2)11-7/h4-6H,2,7H2,1,3H3;3-10H,1-2H3/t;3-,4-,5-,6-,7-/m.0/s1. The molecule has 0 amide bonds. The summed E-state index contributed by atoms with van der Waals surface area (Å²) in [5.41, 5.74) is 3.43. The fourth-order valence-electron chi connectivity index (χ4n) is 2.44. The molecule has 0 spiro atoms. The van der Waals surface area contributed by atoms with E-state index in [9.17, 15) is 10.2 Å². The second kappa shape index (κ2) is 8.39. The van der Waals surface area contributed by atoms with Crippen LogP contribution in [0.4, 0.5) is 0 Å². The molecule has 0 radical (unpaired) electrons. The van der Waals surface area contributed by atoms with E-state index in [1.165, 1.54) is 12.5 Å². The first kappa shape index (κ1) is 18.8. The van der Waals surface area contributed by atoms with Crippen LogP contribution in [0.5, 0.6) is 0 Å². The first-order valence-electron chi connectivity index (χ1n) is 7.53. The van der Waals surface area contributed by atoms with E-state index in [1.54, 1.807) is 6.92 Å². The average Bonchev–Trinajstić information content (AvgIpc) is 3.01. The number of aliphatic hydroxyl groups excluding tert-OH is 3. The minimum absolute atomic E-state index is 0.399. The van der Waals surface area contributed by atoms with Gasteiger partial charge in [0.15, 0.2) is 0 Å². The van der Waals surface area contributed by atoms with Crippen LogP contribution < -0.4 is 0 Å². The van der Waals surface area contributed by atoms with Gasteiger partial charge in [-0.15, -0.1) is 0 Å². The van der Waals surface area contributed by atoms with Crippen molar-refractivity contribution in [3.63, 3.8) is 0 Å². The van der Waals surface area contributed by atoms with E-state index in [1.807, 2.05) is 20.1 Å². The molecule has 0 aromatic carbocycles. The first-order chi connectivity index (χ1) is 10.3. The average molecular weight is 309 g/mol. The molecule has 0 bridgehead atoms. The SMILES string of the molecule is C=C(C)C1=C(N=CC)CC=C1.C[C@H](O)[C@@H]1O[C@@H](C)[C@H](O)[C@@H]1O. The van der Waals surface area contributed by atoms with Gasteiger partial charge in [-0.2, -0.15) is 0 Å². The van der Waals surface area contributed by atoms with Gasteiger partial charge in [0.25, 0.3) is 0 Å². The number of nitrogens with zero attached hydrogens (tertiary/aromatic N) is 1. The summed E-state index contributed by atoms with van der Waals surface area (Å²) in [6.45, 7) is 11.0. The number of rotatable bonds is 3. The molecule has 1 fully saturated rings. The van der Waals surface area contributed by atoms with Crippen molar-refractivity contribution in [3.05, 3.63) is 35.6 Å². The van der Waals surface area contributed by atoms with Crippen molar-refractivity contribution in [1.82, 2.24) is 0 Å². The Bertz CT molecular complexity index is 479. The monoisotopic (exact) mass is 309 g/mol. The predicted molar refractivity (Wildman–Crippen MR) is 87.8 cm³/mol. The smallest absolute Gasteiger partial charge is 0.112 e. The summed E-state index contributed by atoms with van der Waals surface area (Å²) in [6.07, 6.45) is 3.34. The number of aliphatic imine (C=N–C) groups is 1. The van der Waals surface area contributed by atoms with Crippen LogP contribution in [0.3, 0.4) is 0 Å². The Labute approximate surface area is 132 Å². The first-order valence-corrected chi connectivity index (χ1v) is 7.53. The number of hydrogen-bond acceptors (Lipinski definition) is 5. The molecule has 0 aromatic heterocycles. The van der Waals surface area contributed by atoms with Gasteiger partial charge in [-0.05, 0) is 38.8 Å². The molecule has 1 aliphatic carbocycles. The van der Waals surface area contributed by atoms with Crippen LogP contribution in [0.25, 0.3) is 0 Å². The third-order valence-electron chi connectivity index (χ3n) is 3.67. The highest BCUT2D eigenvalue weighted by molar-refractivity contribution is 5.58. The van der Waals surface area contributed by atoms with Crippen LogP contribution in [0.2, 0.25) is 0 Å². The summed E-state index contributed by atoms with van der Waals surface area (Å²) in [5, 5.41) is 27.5. The molecule has 1 saturated heterocycles. The van der Waals surface area contributed by atoms with E-state index < -0.39 is 30.5 Å². The summed E-state index contributed by atoms with van der Waals surface area (Å²) in [4.78, 5) is 4.26. The quantitative estimate of drug-likeness (QED) is 0.694. The van der Waals surface area contributed by atoms with Gasteiger partial charge in [-0.3, -0.25) is 4.99 Å². The highest BCUT2D eigenvalue weighted by atomic mass is 16.6. The molecule has 1 aliphatic heterocycles. The number of ether oxygens (including phenoxy) is 1. The van der Waals surface area contributed by atoms with E-state index in [2.05, 4.69) is 23.7 Å². The summed E-state index contributed by atoms with van der Waals surface area (Å²) >= 11 is 0. The van der Waals surface area contributed by atoms with Crippen LogP contribution in [0, 0.1) is 0 Å². The molecule has 2 aliphatic rings. The van der Waals surface area contributed by atoms with Crippen molar-refractivity contribution >= 4 is 6.21 Å². The largest absolute Gasteiger partial charge is 0.391 e. The highest BCUT2D eigenvalue weighted by Gasteiger charge is 2.42. The van der Waals surface area contributed by atoms with Gasteiger partial charge >= 0.3 is 0 Å². The van der Waals surface area contributed by atoms with Gasteiger partial charge in [0, 0.05) is 12.6 Å². The molecule has 5 atom stereocenters. The molecule has 3 N–H and O–H groups in total. The van der Waals surface area contributed by atoms with Crippen LogP contribution in [-0.4, -0.2) is 52.1 Å². The lowest BCUT2D eigenvalue weighted by Gasteiger charge is -2.16. The summed E-state index contributed by atoms with van der Waals surface area (Å²) in [6, 6.07) is 0. The molecule has 2 rings (SSSR count). The molecule has 5 heteroatoms. The maximum atomic E-state index is 9.26. The second-order valence-electron chi connectivity index (χ2n) is 5.66. The molecule has 0 unspecified atom stereocenters. The van der Waals surface area contributed by atoms with Crippen molar-refractivity contribution in [1.29, 1.82) is 0 Å². The highest BCUT2D eigenvalue weighted by Crippen LogP contribution is 2.24. The fraction of sp³-hybridized carbons (Fsp3) is 0.588. The third-order valence-corrected chi connectivity index (χ3v) is 3.67. The Kier molecular flexibility index (Phi) is 7.16. The lowest BCUT2D eigenvalue weighted by atomic mass is 10.1. The van der Waals surface area contributed by atoms with Crippen LogP contribution >= 0.6 is 0 Å². The summed E-state index contributed by atoms with van der Waals surface area (Å²) in [7, 11) is 0. The molecule has 5 nitrogen and oxygen atoms in total. The predicted octanol–water partition coefficient (Wildman–Crippen LogP) is 1.74. The minimum Gasteiger partial charge on any atom is -0.391 e. The fourth-order valence-corrected chi connectivity index (χ4v) is 2.44. The Balaban J connectivity index is 0.000000220. The number of allylic oxidation sites excluding steroid dienone is 4. The zero-order valence-electron chi connectivity index (χ0n) is 13.7. The van der Waals surface area contributed by atoms with Gasteiger partial charge in [0.2, 0.25) is 0 Å². The van der Waals surface area contributed by atoms with Gasteiger partial charge in [0.1, 0.15) is 18.3 Å². The lowest BCUT2D eigenvalue weighted by Crippen LogP contribution is -2.37. The zero-order chi connectivity index (χ0) is 16.9. The van der Waals surface area contributed by atoms with Crippen molar-refractivity contribution in [2.45, 2.75) is 64.6 Å². The van der Waals surface area contributed by atoms with Crippen molar-refractivity contribution in [3.8, 4) is 0 Å². The molecule has 0 saturated carbocycles. The van der Waals surface area contributed by atoms with E-state index in [0.29, 0.717) is 0 Å². The van der Waals surface area contributed by atoms with E-state index in [4.69, 9.17) is 9.84 Å². The van der Waals surface area contributed by atoms with Crippen molar-refractivity contribution in [2.24, 2.45) is 4.99 Å². The van der Waals surface area contributed by atoms with Crippen molar-refractivity contribution < 1.29 is 20.1 Å². The summed E-state index contributed by atoms with van der Waals surface area (Å²) in [5.74, 6) is 0. The Morgan fingerprint density at radius 2 is 2.09 bits per heavy atom. The molecular weight excluding hydrogens is 282 g/mol. The van der Waals surface area contributed by atoms with E-state index >= 15 is 0 Å². The minimum atomic E-state index is -0.968. The van der Waals surface area contributed by atoms with Crippen LogP contribution in [-0.2, 0) is 4.74 Å². The molecule has 124 valence electrons. The second-order valence-corrected chi connectivity index (χ2v) is 5.66. The van der Waals surface area contributed by atoms with E-state index in [0.717, 1.165) is 17.7 Å². The van der Waals surface area contributed by atoms with Gasteiger partial charge in [0.05, 0.1) is 17.9 Å². The molecule has 22 heavy (non-hydrogen) atoms. The summed E-state index contributed by atoms with van der Waals surface area (Å²) < 4.78 is 5.10. The van der Waals surface area contributed by atoms with Gasteiger partial charge in [-0.25, -0.2) is 0 Å². The zero-order valence-corrected chi connectivity index (χ0v) is 13.7. The van der Waals surface area contributed by atoms with Gasteiger partial charge < -0.3 is 20.1 Å². The van der Waals surface area contributed by atoms with Crippen molar-refractivity contribution in [2.75, 3.05) is 0 Å². The Morgan fingerprint density at radius 1 is 1.45 bits per heavy atom. The Hall–Kier alpha value is -1.27. The maximum absolute atomic E-state index is 9.26. The number of aliphatic hydroxyl groups is 3. The van der Waals surface area contributed by atoms with Crippen LogP contribution in [0.15, 0.2) is 40.6 Å². The lowest BCUT2D eigenvalue weighted by molar-refractivity contribution is -0.0546. The molecule has 0 aromatic rings. The normalized spacial score (nSPS) is 32.3. The van der Waals surface area contributed by atoms with Gasteiger partial charge in [-0.1, -0.05) is 18.7 Å². The Morgan fingerprint density at radius 3 is 2.45 bits per heavy atom. The molecule has 1 heterocycles. The third kappa shape index (κ3) is 4.61. The number of hydrogen-bond donors (Lipinski definition) is 3.